The van der Waals surface area contributed by atoms with Crippen LogP contribution in [0.4, 0.5) is 17.1 Å². The first kappa shape index (κ1) is 12.9. The zero-order valence-corrected chi connectivity index (χ0v) is 11.1. The lowest BCUT2D eigenvalue weighted by atomic mass is 10.1. The molecule has 4 N–H and O–H groups in total. The van der Waals surface area contributed by atoms with Gasteiger partial charge < -0.3 is 16.2 Å². The van der Waals surface area contributed by atoms with E-state index >= 15 is 0 Å². The predicted molar refractivity (Wildman–Crippen MR) is 82.8 cm³/mol. The highest BCUT2D eigenvalue weighted by atomic mass is 16.4. The predicted octanol–water partition coefficient (Wildman–Crippen LogP) is 3.26. The number of nitrogens with two attached hydrogens (primary N) is 1. The smallest absolute Gasteiger partial charge is 0.335 e. The standard InChI is InChI=1S/C16H13N3O2/c17-12-7-6-10(16(20)21)9-15(12)19-14-5-1-4-13-11(14)3-2-8-18-13/h1-9,19H,17H2,(H,20,21). The van der Waals surface area contributed by atoms with Gasteiger partial charge in [-0.15, -0.1) is 0 Å². The molecule has 0 aliphatic heterocycles. The Labute approximate surface area is 121 Å². The van der Waals surface area contributed by atoms with Gasteiger partial charge in [-0.2, -0.15) is 0 Å². The van der Waals surface area contributed by atoms with E-state index in [1.165, 1.54) is 12.1 Å². The summed E-state index contributed by atoms with van der Waals surface area (Å²) in [4.78, 5) is 15.3. The minimum atomic E-state index is -0.988. The van der Waals surface area contributed by atoms with E-state index in [9.17, 15) is 4.79 Å². The van der Waals surface area contributed by atoms with Crippen LogP contribution in [0.15, 0.2) is 54.7 Å². The van der Waals surface area contributed by atoms with Gasteiger partial charge in [-0.1, -0.05) is 6.07 Å². The number of carboxylic acids is 1. The molecular weight excluding hydrogens is 266 g/mol. The van der Waals surface area contributed by atoms with Crippen LogP contribution in [-0.2, 0) is 0 Å². The van der Waals surface area contributed by atoms with Gasteiger partial charge in [0.15, 0.2) is 0 Å². The van der Waals surface area contributed by atoms with Crippen LogP contribution in [0.25, 0.3) is 10.9 Å². The summed E-state index contributed by atoms with van der Waals surface area (Å²) in [5, 5.41) is 13.2. The van der Waals surface area contributed by atoms with Crippen molar-refractivity contribution in [3.63, 3.8) is 0 Å². The van der Waals surface area contributed by atoms with Crippen LogP contribution in [0.5, 0.6) is 0 Å². The van der Waals surface area contributed by atoms with Crippen molar-refractivity contribution in [2.75, 3.05) is 11.1 Å². The van der Waals surface area contributed by atoms with Gasteiger partial charge in [0, 0.05) is 17.3 Å². The molecule has 0 atom stereocenters. The molecule has 104 valence electrons. The molecule has 2 aromatic carbocycles. The minimum absolute atomic E-state index is 0.185. The number of aromatic carboxylic acids is 1. The molecule has 0 bridgehead atoms. The molecule has 0 aliphatic rings. The van der Waals surface area contributed by atoms with Crippen LogP contribution in [0.2, 0.25) is 0 Å². The van der Waals surface area contributed by atoms with Gasteiger partial charge in [-0.05, 0) is 42.5 Å². The Hall–Kier alpha value is -3.08. The van der Waals surface area contributed by atoms with Crippen molar-refractivity contribution in [2.45, 2.75) is 0 Å². The first-order valence-corrected chi connectivity index (χ1v) is 6.39. The van der Waals surface area contributed by atoms with Crippen molar-refractivity contribution in [3.05, 3.63) is 60.3 Å². The van der Waals surface area contributed by atoms with Crippen LogP contribution < -0.4 is 11.1 Å². The minimum Gasteiger partial charge on any atom is -0.478 e. The molecule has 0 unspecified atom stereocenters. The average molecular weight is 279 g/mol. The van der Waals surface area contributed by atoms with Gasteiger partial charge in [-0.25, -0.2) is 4.79 Å². The molecule has 5 heteroatoms. The van der Waals surface area contributed by atoms with Crippen LogP contribution in [0.1, 0.15) is 10.4 Å². The molecule has 0 fully saturated rings. The molecule has 21 heavy (non-hydrogen) atoms. The van der Waals surface area contributed by atoms with Gasteiger partial charge in [-0.3, -0.25) is 4.98 Å². The topological polar surface area (TPSA) is 88.2 Å². The van der Waals surface area contributed by atoms with E-state index in [1.807, 2.05) is 30.3 Å². The highest BCUT2D eigenvalue weighted by Gasteiger charge is 2.08. The third-order valence-corrected chi connectivity index (χ3v) is 3.22. The summed E-state index contributed by atoms with van der Waals surface area (Å²) in [7, 11) is 0. The Morgan fingerprint density at radius 2 is 1.95 bits per heavy atom. The fourth-order valence-corrected chi connectivity index (χ4v) is 2.15. The Morgan fingerprint density at radius 3 is 2.76 bits per heavy atom. The van der Waals surface area contributed by atoms with Gasteiger partial charge in [0.2, 0.25) is 0 Å². The van der Waals surface area contributed by atoms with Crippen LogP contribution in [-0.4, -0.2) is 16.1 Å². The fourth-order valence-electron chi connectivity index (χ4n) is 2.15. The molecular formula is C16H13N3O2. The number of nitrogen functional groups attached to an aromatic ring is 1. The molecule has 5 nitrogen and oxygen atoms in total. The zero-order valence-electron chi connectivity index (χ0n) is 11.1. The van der Waals surface area contributed by atoms with Crippen molar-refractivity contribution in [3.8, 4) is 0 Å². The van der Waals surface area contributed by atoms with Crippen molar-refractivity contribution in [1.29, 1.82) is 0 Å². The van der Waals surface area contributed by atoms with Crippen molar-refractivity contribution in [2.24, 2.45) is 0 Å². The first-order valence-electron chi connectivity index (χ1n) is 6.39. The largest absolute Gasteiger partial charge is 0.478 e. The van der Waals surface area contributed by atoms with E-state index in [4.69, 9.17) is 10.8 Å². The molecule has 0 amide bonds. The van der Waals surface area contributed by atoms with Crippen LogP contribution >= 0.6 is 0 Å². The number of aromatic nitrogens is 1. The van der Waals surface area contributed by atoms with Crippen LogP contribution in [0, 0.1) is 0 Å². The molecule has 0 saturated heterocycles. The number of carbonyl (C=O) groups is 1. The maximum atomic E-state index is 11.1. The normalized spacial score (nSPS) is 10.5. The lowest BCUT2D eigenvalue weighted by Gasteiger charge is -2.12. The van der Waals surface area contributed by atoms with E-state index < -0.39 is 5.97 Å². The lowest BCUT2D eigenvalue weighted by Crippen LogP contribution is -2.01. The molecule has 3 rings (SSSR count). The lowest BCUT2D eigenvalue weighted by molar-refractivity contribution is 0.0697. The van der Waals surface area contributed by atoms with Crippen molar-refractivity contribution < 1.29 is 9.90 Å². The zero-order chi connectivity index (χ0) is 14.8. The van der Waals surface area contributed by atoms with Crippen LogP contribution in [0.3, 0.4) is 0 Å². The molecule has 0 spiro atoms. The number of hydrogen-bond donors (Lipinski definition) is 3. The SMILES string of the molecule is Nc1ccc(C(=O)O)cc1Nc1cccc2ncccc12. The summed E-state index contributed by atoms with van der Waals surface area (Å²) in [6.07, 6.45) is 1.73. The summed E-state index contributed by atoms with van der Waals surface area (Å²) in [6, 6.07) is 14.1. The summed E-state index contributed by atoms with van der Waals surface area (Å²) < 4.78 is 0. The first-order chi connectivity index (χ1) is 10.1. The Bertz CT molecular complexity index is 825. The number of hydrogen-bond acceptors (Lipinski definition) is 4. The number of benzene rings is 2. The second-order valence-corrected chi connectivity index (χ2v) is 4.61. The van der Waals surface area contributed by atoms with Gasteiger partial charge in [0.25, 0.3) is 0 Å². The van der Waals surface area contributed by atoms with E-state index in [0.29, 0.717) is 11.4 Å². The van der Waals surface area contributed by atoms with E-state index in [0.717, 1.165) is 16.6 Å². The summed E-state index contributed by atoms with van der Waals surface area (Å²) in [6.45, 7) is 0. The van der Waals surface area contributed by atoms with E-state index in [2.05, 4.69) is 10.3 Å². The third kappa shape index (κ3) is 2.49. The number of fused-ring (bicyclic) bond motifs is 1. The quantitative estimate of drug-likeness (QED) is 0.640. The van der Waals surface area contributed by atoms with E-state index in [1.54, 1.807) is 12.3 Å². The third-order valence-electron chi connectivity index (χ3n) is 3.22. The fraction of sp³-hybridized carbons (Fsp3) is 0. The van der Waals surface area contributed by atoms with Gasteiger partial charge in [0.1, 0.15) is 0 Å². The molecule has 0 saturated carbocycles. The number of anilines is 3. The summed E-state index contributed by atoms with van der Waals surface area (Å²) in [5.74, 6) is -0.988. The van der Waals surface area contributed by atoms with Gasteiger partial charge >= 0.3 is 5.97 Å². The highest BCUT2D eigenvalue weighted by Crippen LogP contribution is 2.28. The molecule has 1 aromatic heterocycles. The molecule has 0 radical (unpaired) electrons. The van der Waals surface area contributed by atoms with Crippen molar-refractivity contribution in [1.82, 2.24) is 4.98 Å². The number of pyridine rings is 1. The second-order valence-electron chi connectivity index (χ2n) is 4.61. The second kappa shape index (κ2) is 5.13. The number of carboxylic acid groups (broad SMARTS) is 1. The Balaban J connectivity index is 2.06. The summed E-state index contributed by atoms with van der Waals surface area (Å²) in [5.41, 5.74) is 8.83. The maximum absolute atomic E-state index is 11.1. The van der Waals surface area contributed by atoms with E-state index in [-0.39, 0.29) is 5.56 Å². The summed E-state index contributed by atoms with van der Waals surface area (Å²) >= 11 is 0. The van der Waals surface area contributed by atoms with Crippen molar-refractivity contribution >= 4 is 33.9 Å². The Kier molecular flexibility index (Phi) is 3.16. The average Bonchev–Trinajstić information content (AvgIpc) is 2.49. The highest BCUT2D eigenvalue weighted by molar-refractivity contribution is 5.96. The molecule has 1 heterocycles. The molecule has 0 aliphatic carbocycles. The monoisotopic (exact) mass is 279 g/mol. The molecule has 3 aromatic rings. The number of rotatable bonds is 3. The van der Waals surface area contributed by atoms with Gasteiger partial charge in [0.05, 0.1) is 22.5 Å². The number of nitrogens with one attached hydrogen (secondary N) is 1. The number of nitrogens with zero attached hydrogens (tertiary/aromatic N) is 1. The maximum Gasteiger partial charge on any atom is 0.335 e. The Morgan fingerprint density at radius 1 is 1.10 bits per heavy atom.